The summed E-state index contributed by atoms with van der Waals surface area (Å²) in [7, 11) is 2.18. The van der Waals surface area contributed by atoms with Crippen LogP contribution in [0, 0.1) is 6.92 Å². The molecule has 1 fully saturated rings. The van der Waals surface area contributed by atoms with Gasteiger partial charge in [-0.05, 0) is 44.2 Å². The first kappa shape index (κ1) is 21.9. The van der Waals surface area contributed by atoms with Crippen molar-refractivity contribution in [2.75, 3.05) is 73.4 Å². The highest BCUT2D eigenvalue weighted by atomic mass is 16.5. The van der Waals surface area contributed by atoms with Crippen molar-refractivity contribution in [1.82, 2.24) is 19.9 Å². The molecule has 1 aromatic carbocycles. The van der Waals surface area contributed by atoms with E-state index in [1.165, 1.54) is 16.8 Å². The summed E-state index contributed by atoms with van der Waals surface area (Å²) in [4.78, 5) is 21.2. The number of benzene rings is 1. The fraction of sp³-hybridized carbons (Fsp3) is 0.423. The number of piperazine rings is 1. The van der Waals surface area contributed by atoms with Crippen LogP contribution in [0.5, 0.6) is 5.88 Å². The molecule has 0 bridgehead atoms. The largest absolute Gasteiger partial charge is 0.474 e. The highest BCUT2D eigenvalue weighted by molar-refractivity contribution is 5.70. The van der Waals surface area contributed by atoms with Gasteiger partial charge in [-0.25, -0.2) is 15.0 Å². The van der Waals surface area contributed by atoms with Crippen molar-refractivity contribution in [3.05, 3.63) is 53.5 Å². The van der Waals surface area contributed by atoms with Crippen LogP contribution in [-0.2, 0) is 13.0 Å². The minimum absolute atomic E-state index is 0.636. The van der Waals surface area contributed by atoms with E-state index in [-0.39, 0.29) is 0 Å². The number of rotatable bonds is 4. The Kier molecular flexibility index (Phi) is 5.77. The molecule has 9 nitrogen and oxygen atoms in total. The third-order valence-electron chi connectivity index (χ3n) is 7.18. The van der Waals surface area contributed by atoms with Crippen LogP contribution in [0.2, 0.25) is 0 Å². The van der Waals surface area contributed by atoms with E-state index >= 15 is 0 Å². The van der Waals surface area contributed by atoms with Crippen molar-refractivity contribution in [2.24, 2.45) is 0 Å². The molecular weight excluding hydrogens is 440 g/mol. The number of fused-ring (bicyclic) bond motifs is 2. The molecule has 2 aromatic heterocycles. The average molecular weight is 473 g/mol. The smallest absolute Gasteiger partial charge is 0.237 e. The molecule has 1 saturated heterocycles. The third kappa shape index (κ3) is 4.43. The molecule has 0 aliphatic carbocycles. The molecule has 0 atom stereocenters. The van der Waals surface area contributed by atoms with Gasteiger partial charge in [0.25, 0.3) is 0 Å². The molecule has 0 unspecified atom stereocenters. The molecule has 9 heteroatoms. The quantitative estimate of drug-likeness (QED) is 0.595. The number of nitrogens with one attached hydrogen (secondary N) is 2. The number of nitrogens with zero attached hydrogens (tertiary/aromatic N) is 6. The van der Waals surface area contributed by atoms with E-state index in [1.807, 2.05) is 12.4 Å². The van der Waals surface area contributed by atoms with E-state index in [0.717, 1.165) is 75.0 Å². The molecule has 5 heterocycles. The van der Waals surface area contributed by atoms with Crippen LogP contribution in [0.1, 0.15) is 16.8 Å². The Bertz CT molecular complexity index is 1220. The van der Waals surface area contributed by atoms with Gasteiger partial charge >= 0.3 is 0 Å². The third-order valence-corrected chi connectivity index (χ3v) is 7.18. The van der Waals surface area contributed by atoms with Gasteiger partial charge in [0.15, 0.2) is 0 Å². The summed E-state index contributed by atoms with van der Waals surface area (Å²) in [5, 5.41) is 6.87. The molecule has 0 saturated carbocycles. The highest BCUT2D eigenvalue weighted by Crippen LogP contribution is 2.36. The van der Waals surface area contributed by atoms with Gasteiger partial charge in [0.05, 0.1) is 24.1 Å². The number of hydrogen-bond acceptors (Lipinski definition) is 9. The zero-order chi connectivity index (χ0) is 23.8. The molecule has 0 radical (unpaired) electrons. The first-order chi connectivity index (χ1) is 17.1. The SMILES string of the molecule is Cc1c(N2CCc3cnc(Nc4cccc(N5CCN(C)CC5)c4)nc3C2)cnc2c1NCCO2. The van der Waals surface area contributed by atoms with Crippen LogP contribution in [0.4, 0.5) is 28.7 Å². The lowest BCUT2D eigenvalue weighted by Gasteiger charge is -2.34. The summed E-state index contributed by atoms with van der Waals surface area (Å²) >= 11 is 0. The van der Waals surface area contributed by atoms with Crippen molar-refractivity contribution >= 4 is 28.7 Å². The maximum atomic E-state index is 5.70. The minimum Gasteiger partial charge on any atom is -0.474 e. The summed E-state index contributed by atoms with van der Waals surface area (Å²) in [6.45, 7) is 9.50. The Balaban J connectivity index is 1.19. The van der Waals surface area contributed by atoms with Crippen LogP contribution in [0.15, 0.2) is 36.7 Å². The van der Waals surface area contributed by atoms with Gasteiger partial charge in [-0.1, -0.05) is 6.07 Å². The molecule has 3 aliphatic heterocycles. The first-order valence-electron chi connectivity index (χ1n) is 12.4. The summed E-state index contributed by atoms with van der Waals surface area (Å²) < 4.78 is 5.70. The minimum atomic E-state index is 0.636. The van der Waals surface area contributed by atoms with Gasteiger partial charge in [-0.3, -0.25) is 0 Å². The second-order valence-corrected chi connectivity index (χ2v) is 9.53. The molecule has 6 rings (SSSR count). The Labute approximate surface area is 206 Å². The van der Waals surface area contributed by atoms with Crippen LogP contribution < -0.4 is 25.2 Å². The van der Waals surface area contributed by atoms with Gasteiger partial charge in [0, 0.05) is 62.4 Å². The predicted molar refractivity (Wildman–Crippen MR) is 139 cm³/mol. The van der Waals surface area contributed by atoms with Gasteiger partial charge in [0.1, 0.15) is 12.3 Å². The number of pyridine rings is 1. The Morgan fingerprint density at radius 2 is 1.91 bits per heavy atom. The summed E-state index contributed by atoms with van der Waals surface area (Å²) in [6.07, 6.45) is 4.81. The number of likely N-dealkylation sites (N-methyl/N-ethyl adjacent to an activating group) is 1. The Morgan fingerprint density at radius 1 is 1.03 bits per heavy atom. The normalized spacial score (nSPS) is 17.8. The fourth-order valence-corrected chi connectivity index (χ4v) is 5.07. The van der Waals surface area contributed by atoms with Crippen LogP contribution in [0.3, 0.4) is 0 Å². The molecule has 35 heavy (non-hydrogen) atoms. The number of anilines is 5. The van der Waals surface area contributed by atoms with Crippen molar-refractivity contribution in [3.8, 4) is 5.88 Å². The van der Waals surface area contributed by atoms with Crippen molar-refractivity contribution in [1.29, 1.82) is 0 Å². The zero-order valence-electron chi connectivity index (χ0n) is 20.4. The lowest BCUT2D eigenvalue weighted by molar-refractivity contribution is 0.310. The topological polar surface area (TPSA) is 81.7 Å². The molecule has 3 aromatic rings. The van der Waals surface area contributed by atoms with Gasteiger partial charge in [-0.15, -0.1) is 0 Å². The monoisotopic (exact) mass is 472 g/mol. The van der Waals surface area contributed by atoms with Gasteiger partial charge < -0.3 is 30.1 Å². The van der Waals surface area contributed by atoms with Crippen LogP contribution in [0.25, 0.3) is 0 Å². The molecule has 0 spiro atoms. The lowest BCUT2D eigenvalue weighted by Crippen LogP contribution is -2.44. The van der Waals surface area contributed by atoms with Gasteiger partial charge in [-0.2, -0.15) is 0 Å². The van der Waals surface area contributed by atoms with Crippen molar-refractivity contribution in [2.45, 2.75) is 19.9 Å². The Morgan fingerprint density at radius 3 is 2.80 bits per heavy atom. The van der Waals surface area contributed by atoms with E-state index in [1.54, 1.807) is 0 Å². The number of hydrogen-bond donors (Lipinski definition) is 2. The van der Waals surface area contributed by atoms with E-state index in [9.17, 15) is 0 Å². The Hall–Kier alpha value is -3.59. The fourth-order valence-electron chi connectivity index (χ4n) is 5.07. The predicted octanol–water partition coefficient (Wildman–Crippen LogP) is 3.04. The maximum absolute atomic E-state index is 5.70. The number of ether oxygens (including phenoxy) is 1. The summed E-state index contributed by atoms with van der Waals surface area (Å²) in [5.41, 5.74) is 7.82. The summed E-state index contributed by atoms with van der Waals surface area (Å²) in [6, 6.07) is 8.54. The lowest BCUT2D eigenvalue weighted by atomic mass is 10.0. The van der Waals surface area contributed by atoms with Crippen LogP contribution >= 0.6 is 0 Å². The summed E-state index contributed by atoms with van der Waals surface area (Å²) in [5.74, 6) is 1.33. The van der Waals surface area contributed by atoms with Gasteiger partial charge in [0.2, 0.25) is 11.8 Å². The van der Waals surface area contributed by atoms with Crippen LogP contribution in [-0.4, -0.2) is 72.8 Å². The second-order valence-electron chi connectivity index (χ2n) is 9.53. The average Bonchev–Trinajstić information content (AvgIpc) is 2.89. The highest BCUT2D eigenvalue weighted by Gasteiger charge is 2.24. The molecule has 3 aliphatic rings. The molecular formula is C26H32N8O. The zero-order valence-corrected chi connectivity index (χ0v) is 20.4. The molecule has 0 amide bonds. The first-order valence-corrected chi connectivity index (χ1v) is 12.4. The number of aromatic nitrogens is 3. The van der Waals surface area contributed by atoms with E-state index < -0.39 is 0 Å². The van der Waals surface area contributed by atoms with E-state index in [2.05, 4.69) is 73.5 Å². The van der Waals surface area contributed by atoms with Crippen molar-refractivity contribution in [3.63, 3.8) is 0 Å². The molecule has 182 valence electrons. The maximum Gasteiger partial charge on any atom is 0.237 e. The van der Waals surface area contributed by atoms with E-state index in [4.69, 9.17) is 9.72 Å². The standard InChI is InChI=1S/C26H32N8O/c1-18-23(16-28-25-24(18)27-7-13-35-25)34-8-6-19-15-29-26(31-22(19)17-34)30-20-4-3-5-21(14-20)33-11-9-32(2)10-12-33/h3-5,14-16,27H,6-13,17H2,1-2H3,(H,29,30,31). The van der Waals surface area contributed by atoms with Crippen molar-refractivity contribution < 1.29 is 4.74 Å². The van der Waals surface area contributed by atoms with E-state index in [0.29, 0.717) is 18.4 Å². The second kappa shape index (κ2) is 9.22. The molecule has 2 N–H and O–H groups in total.